The first-order valence-electron chi connectivity index (χ1n) is 7.82. The van der Waals surface area contributed by atoms with Crippen LogP contribution in [0.25, 0.3) is 0 Å². The van der Waals surface area contributed by atoms with Gasteiger partial charge in [0.05, 0.1) is 11.0 Å². The third-order valence-corrected chi connectivity index (χ3v) is 5.10. The number of nitro benzene ring substituents is 1. The third-order valence-electron chi connectivity index (χ3n) is 3.95. The first-order valence-corrected chi connectivity index (χ1v) is 9.71. The van der Waals surface area contributed by atoms with Gasteiger partial charge in [-0.3, -0.25) is 10.1 Å². The van der Waals surface area contributed by atoms with Gasteiger partial charge in [-0.25, -0.2) is 12.8 Å². The summed E-state index contributed by atoms with van der Waals surface area (Å²) in [6, 6.07) is 8.77. The molecule has 26 heavy (non-hydrogen) atoms. The average molecular weight is 382 g/mol. The summed E-state index contributed by atoms with van der Waals surface area (Å²) < 4.78 is 37.2. The number of sulfone groups is 1. The van der Waals surface area contributed by atoms with E-state index in [0.717, 1.165) is 18.4 Å². The van der Waals surface area contributed by atoms with E-state index < -0.39 is 43.3 Å². The molecule has 0 amide bonds. The van der Waals surface area contributed by atoms with Crippen LogP contribution in [0.3, 0.4) is 0 Å². The predicted molar refractivity (Wildman–Crippen MR) is 95.3 cm³/mol. The van der Waals surface area contributed by atoms with Crippen LogP contribution < -0.4 is 5.32 Å². The van der Waals surface area contributed by atoms with E-state index in [9.17, 15) is 28.0 Å². The molecule has 0 aliphatic carbocycles. The molecule has 7 nitrogen and oxygen atoms in total. The number of aliphatic hydroxyl groups excluding tert-OH is 1. The van der Waals surface area contributed by atoms with Gasteiger partial charge in [-0.05, 0) is 24.6 Å². The lowest BCUT2D eigenvalue weighted by molar-refractivity contribution is -0.387. The molecule has 2 atom stereocenters. The Hall–Kier alpha value is -2.52. The van der Waals surface area contributed by atoms with Crippen LogP contribution in [-0.2, 0) is 9.84 Å². The number of aliphatic hydroxyl groups is 1. The summed E-state index contributed by atoms with van der Waals surface area (Å²) in [6.07, 6.45) is 0.103. The highest BCUT2D eigenvalue weighted by molar-refractivity contribution is 7.90. The van der Waals surface area contributed by atoms with E-state index in [4.69, 9.17) is 0 Å². The number of nitrogens with zero attached hydrogens (tertiary/aromatic N) is 1. The molecule has 2 N–H and O–H groups in total. The number of nitro groups is 1. The number of rotatable bonds is 7. The van der Waals surface area contributed by atoms with Crippen LogP contribution in [-0.4, -0.2) is 30.7 Å². The van der Waals surface area contributed by atoms with Gasteiger partial charge < -0.3 is 10.4 Å². The number of halogens is 1. The highest BCUT2D eigenvalue weighted by atomic mass is 32.2. The van der Waals surface area contributed by atoms with E-state index in [1.54, 1.807) is 13.0 Å². The predicted octanol–water partition coefficient (Wildman–Crippen LogP) is 3.06. The maximum absolute atomic E-state index is 13.9. The fourth-order valence-electron chi connectivity index (χ4n) is 2.61. The molecule has 2 rings (SSSR count). The molecule has 0 radical (unpaired) electrons. The van der Waals surface area contributed by atoms with Gasteiger partial charge in [0.2, 0.25) is 0 Å². The van der Waals surface area contributed by atoms with E-state index in [1.807, 2.05) is 0 Å². The van der Waals surface area contributed by atoms with Gasteiger partial charge >= 0.3 is 0 Å². The second-order valence-corrected chi connectivity index (χ2v) is 7.82. The minimum absolute atomic E-state index is 0.106. The van der Waals surface area contributed by atoms with E-state index in [2.05, 4.69) is 5.32 Å². The van der Waals surface area contributed by atoms with Gasteiger partial charge in [0, 0.05) is 23.6 Å². The standard InChI is InChI=1S/C17H19FN2O5S/c1-3-14(17(21)12-6-4-5-7-13(12)18)19-11-8-9-16(26(2,24)25)15(10-11)20(22)23/h4-10,14,17,19,21H,3H2,1-2H3. The van der Waals surface area contributed by atoms with E-state index in [-0.39, 0.29) is 11.3 Å². The Bertz CT molecular complexity index is 917. The lowest BCUT2D eigenvalue weighted by Crippen LogP contribution is -2.27. The SMILES string of the molecule is CCC(Nc1ccc(S(C)(=O)=O)c([N+](=O)[O-])c1)C(O)c1ccccc1F. The molecule has 2 unspecified atom stereocenters. The zero-order valence-electron chi connectivity index (χ0n) is 14.2. The number of hydrogen-bond donors (Lipinski definition) is 2. The summed E-state index contributed by atoms with van der Waals surface area (Å²) in [5.41, 5.74) is -0.201. The van der Waals surface area contributed by atoms with Gasteiger partial charge in [-0.1, -0.05) is 25.1 Å². The molecule has 0 bridgehead atoms. The van der Waals surface area contributed by atoms with E-state index >= 15 is 0 Å². The Balaban J connectivity index is 2.35. The molecule has 0 saturated heterocycles. The number of anilines is 1. The molecule has 0 fully saturated rings. The first kappa shape index (κ1) is 19.8. The molecule has 0 saturated carbocycles. The molecular formula is C17H19FN2O5S. The zero-order valence-corrected chi connectivity index (χ0v) is 15.0. The van der Waals surface area contributed by atoms with Crippen molar-refractivity contribution in [3.05, 3.63) is 64.0 Å². The van der Waals surface area contributed by atoms with Crippen LogP contribution >= 0.6 is 0 Å². The van der Waals surface area contributed by atoms with E-state index in [0.29, 0.717) is 6.42 Å². The molecule has 2 aromatic rings. The molecule has 140 valence electrons. The molecule has 0 heterocycles. The molecule has 0 aliphatic rings. The second-order valence-electron chi connectivity index (χ2n) is 5.84. The first-order chi connectivity index (χ1) is 12.1. The van der Waals surface area contributed by atoms with Crippen LogP contribution in [0.2, 0.25) is 0 Å². The van der Waals surface area contributed by atoms with Crippen LogP contribution in [0.1, 0.15) is 25.0 Å². The van der Waals surface area contributed by atoms with Crippen molar-refractivity contribution in [2.45, 2.75) is 30.4 Å². The average Bonchev–Trinajstić information content (AvgIpc) is 2.58. The Morgan fingerprint density at radius 3 is 2.46 bits per heavy atom. The normalized spacial score (nSPS) is 13.8. The van der Waals surface area contributed by atoms with Crippen molar-refractivity contribution >= 4 is 21.2 Å². The van der Waals surface area contributed by atoms with Gasteiger partial charge in [-0.2, -0.15) is 0 Å². The van der Waals surface area contributed by atoms with Gasteiger partial charge in [0.25, 0.3) is 5.69 Å². The molecule has 0 aliphatic heterocycles. The van der Waals surface area contributed by atoms with Crippen molar-refractivity contribution in [3.63, 3.8) is 0 Å². The molecule has 0 spiro atoms. The van der Waals surface area contributed by atoms with Gasteiger partial charge in [-0.15, -0.1) is 0 Å². The van der Waals surface area contributed by atoms with Gasteiger partial charge in [0.15, 0.2) is 9.84 Å². The second kappa shape index (κ2) is 7.79. The Morgan fingerprint density at radius 1 is 1.27 bits per heavy atom. The summed E-state index contributed by atoms with van der Waals surface area (Å²) >= 11 is 0. The topological polar surface area (TPSA) is 110 Å². The molecule has 0 aromatic heterocycles. The quantitative estimate of drug-likeness (QED) is 0.563. The maximum Gasteiger partial charge on any atom is 0.290 e. The smallest absolute Gasteiger partial charge is 0.290 e. The number of nitrogens with one attached hydrogen (secondary N) is 1. The Kier molecular flexibility index (Phi) is 5.94. The Labute approximate surface area is 150 Å². The number of benzene rings is 2. The molecule has 9 heteroatoms. The summed E-state index contributed by atoms with van der Waals surface area (Å²) in [5, 5.41) is 24.6. The third kappa shape index (κ3) is 4.36. The highest BCUT2D eigenvalue weighted by Crippen LogP contribution is 2.30. The van der Waals surface area contributed by atoms with Crippen molar-refractivity contribution in [1.29, 1.82) is 0 Å². The lowest BCUT2D eigenvalue weighted by atomic mass is 9.99. The van der Waals surface area contributed by atoms with Gasteiger partial charge in [0.1, 0.15) is 16.8 Å². The minimum atomic E-state index is -3.76. The number of hydrogen-bond acceptors (Lipinski definition) is 6. The van der Waals surface area contributed by atoms with Crippen LogP contribution in [0.4, 0.5) is 15.8 Å². The van der Waals surface area contributed by atoms with E-state index in [1.165, 1.54) is 24.3 Å². The summed E-state index contributed by atoms with van der Waals surface area (Å²) in [5.74, 6) is -0.557. The van der Waals surface area contributed by atoms with Crippen molar-refractivity contribution in [2.75, 3.05) is 11.6 Å². The fraction of sp³-hybridized carbons (Fsp3) is 0.294. The highest BCUT2D eigenvalue weighted by Gasteiger charge is 2.25. The monoisotopic (exact) mass is 382 g/mol. The fourth-order valence-corrected chi connectivity index (χ4v) is 3.44. The molecule has 2 aromatic carbocycles. The van der Waals surface area contributed by atoms with Crippen LogP contribution in [0.5, 0.6) is 0 Å². The van der Waals surface area contributed by atoms with Crippen molar-refractivity contribution < 1.29 is 22.8 Å². The zero-order chi connectivity index (χ0) is 19.5. The molecular weight excluding hydrogens is 363 g/mol. The summed E-state index contributed by atoms with van der Waals surface area (Å²) in [6.45, 7) is 1.76. The lowest BCUT2D eigenvalue weighted by Gasteiger charge is -2.24. The van der Waals surface area contributed by atoms with Crippen LogP contribution in [0.15, 0.2) is 47.4 Å². The summed E-state index contributed by atoms with van der Waals surface area (Å²) in [4.78, 5) is 10.0. The van der Waals surface area contributed by atoms with Crippen molar-refractivity contribution in [3.8, 4) is 0 Å². The summed E-state index contributed by atoms with van der Waals surface area (Å²) in [7, 11) is -3.76. The maximum atomic E-state index is 13.9. The largest absolute Gasteiger partial charge is 0.386 e. The minimum Gasteiger partial charge on any atom is -0.386 e. The van der Waals surface area contributed by atoms with Crippen LogP contribution in [0, 0.1) is 15.9 Å². The van der Waals surface area contributed by atoms with Crippen molar-refractivity contribution in [1.82, 2.24) is 0 Å². The Morgan fingerprint density at radius 2 is 1.92 bits per heavy atom. The van der Waals surface area contributed by atoms with Crippen molar-refractivity contribution in [2.24, 2.45) is 0 Å².